The van der Waals surface area contributed by atoms with Crippen LogP contribution in [-0.2, 0) is 14.3 Å². The predicted molar refractivity (Wildman–Crippen MR) is 86.5 cm³/mol. The van der Waals surface area contributed by atoms with Crippen LogP contribution in [0.4, 0.5) is 0 Å². The maximum atomic E-state index is 12.0. The molecule has 0 unspecified atom stereocenters. The van der Waals surface area contributed by atoms with Crippen LogP contribution < -0.4 is 0 Å². The first-order valence-corrected chi connectivity index (χ1v) is 8.06. The lowest BCUT2D eigenvalue weighted by molar-refractivity contribution is -0.158. The van der Waals surface area contributed by atoms with Crippen LogP contribution in [-0.4, -0.2) is 17.9 Å². The molecule has 1 aromatic rings. The van der Waals surface area contributed by atoms with Crippen molar-refractivity contribution in [3.05, 3.63) is 48.0 Å². The van der Waals surface area contributed by atoms with Crippen LogP contribution in [0.3, 0.4) is 0 Å². The Hall–Kier alpha value is -1.90. The first-order chi connectivity index (χ1) is 10.6. The molecule has 1 fully saturated rings. The van der Waals surface area contributed by atoms with Gasteiger partial charge in [0.1, 0.15) is 6.10 Å². The molecule has 0 aromatic heterocycles. The molecule has 0 aliphatic heterocycles. The molecule has 1 aliphatic carbocycles. The van der Waals surface area contributed by atoms with Gasteiger partial charge in [0.2, 0.25) is 0 Å². The van der Waals surface area contributed by atoms with Gasteiger partial charge in [-0.1, -0.05) is 56.7 Å². The summed E-state index contributed by atoms with van der Waals surface area (Å²) < 4.78 is 5.51. The lowest BCUT2D eigenvalue weighted by atomic mass is 9.81. The number of esters is 1. The van der Waals surface area contributed by atoms with Gasteiger partial charge in [-0.05, 0) is 36.8 Å². The van der Waals surface area contributed by atoms with Gasteiger partial charge >= 0.3 is 5.97 Å². The van der Waals surface area contributed by atoms with E-state index in [1.807, 2.05) is 32.0 Å². The van der Waals surface area contributed by atoms with Gasteiger partial charge < -0.3 is 4.74 Å². The smallest absolute Gasteiger partial charge is 0.379 e. The number of carbonyl (C=O) groups excluding carboxylic acids is 2. The third-order valence-corrected chi connectivity index (χ3v) is 4.02. The topological polar surface area (TPSA) is 43.4 Å². The van der Waals surface area contributed by atoms with Crippen molar-refractivity contribution in [2.75, 3.05) is 0 Å². The van der Waals surface area contributed by atoms with Crippen LogP contribution in [0.25, 0.3) is 0 Å². The van der Waals surface area contributed by atoms with Gasteiger partial charge in [0, 0.05) is 5.92 Å². The number of carbonyl (C=O) groups is 2. The van der Waals surface area contributed by atoms with Crippen LogP contribution in [0.15, 0.2) is 42.5 Å². The van der Waals surface area contributed by atoms with Crippen LogP contribution in [0.5, 0.6) is 0 Å². The van der Waals surface area contributed by atoms with Crippen LogP contribution in [0.1, 0.15) is 51.0 Å². The van der Waals surface area contributed by atoms with Gasteiger partial charge in [-0.3, -0.25) is 4.79 Å². The Labute approximate surface area is 132 Å². The maximum absolute atomic E-state index is 12.0. The van der Waals surface area contributed by atoms with Gasteiger partial charge in [0.15, 0.2) is 0 Å². The minimum Gasteiger partial charge on any atom is -0.456 e. The van der Waals surface area contributed by atoms with Crippen molar-refractivity contribution >= 4 is 11.8 Å². The van der Waals surface area contributed by atoms with Crippen molar-refractivity contribution in [1.29, 1.82) is 0 Å². The van der Waals surface area contributed by atoms with E-state index >= 15 is 0 Å². The predicted octanol–water partition coefficient (Wildman–Crippen LogP) is 4.04. The lowest BCUT2D eigenvalue weighted by Gasteiger charge is -2.31. The second kappa shape index (κ2) is 7.92. The highest BCUT2D eigenvalue weighted by Crippen LogP contribution is 2.35. The normalized spacial score (nSPS) is 22.0. The van der Waals surface area contributed by atoms with Crippen LogP contribution >= 0.6 is 0 Å². The zero-order valence-corrected chi connectivity index (χ0v) is 13.3. The number of ketones is 1. The molecule has 3 nitrogen and oxygen atoms in total. The third kappa shape index (κ3) is 4.55. The second-order valence-electron chi connectivity index (χ2n) is 6.21. The SMILES string of the molecule is CC(C)/C=C/C(=O)C(=O)O[C@@H]1CCCC[C@H]1c1ccccc1. The van der Waals surface area contributed by atoms with Gasteiger partial charge in [-0.2, -0.15) is 0 Å². The van der Waals surface area contributed by atoms with Crippen molar-refractivity contribution < 1.29 is 14.3 Å². The van der Waals surface area contributed by atoms with E-state index in [9.17, 15) is 9.59 Å². The molecule has 1 aliphatic rings. The minimum absolute atomic E-state index is 0.194. The zero-order chi connectivity index (χ0) is 15.9. The Kier molecular flexibility index (Phi) is 5.93. The van der Waals surface area contributed by atoms with Gasteiger partial charge in [0.05, 0.1) is 0 Å². The third-order valence-electron chi connectivity index (χ3n) is 4.02. The zero-order valence-electron chi connectivity index (χ0n) is 13.3. The summed E-state index contributed by atoms with van der Waals surface area (Å²) in [7, 11) is 0. The van der Waals surface area contributed by atoms with E-state index in [1.165, 1.54) is 11.6 Å². The molecule has 0 N–H and O–H groups in total. The number of benzene rings is 1. The quantitative estimate of drug-likeness (QED) is 0.468. The first-order valence-electron chi connectivity index (χ1n) is 8.06. The largest absolute Gasteiger partial charge is 0.456 e. The summed E-state index contributed by atoms with van der Waals surface area (Å²) in [6, 6.07) is 10.1. The fourth-order valence-corrected chi connectivity index (χ4v) is 2.86. The van der Waals surface area contributed by atoms with Crippen LogP contribution in [0, 0.1) is 5.92 Å². The molecule has 3 heteroatoms. The second-order valence-corrected chi connectivity index (χ2v) is 6.21. The Bertz CT molecular complexity index is 531. The molecule has 22 heavy (non-hydrogen) atoms. The summed E-state index contributed by atoms with van der Waals surface area (Å²) in [5.74, 6) is -0.861. The van der Waals surface area contributed by atoms with E-state index in [4.69, 9.17) is 4.74 Å². The van der Waals surface area contributed by atoms with E-state index < -0.39 is 11.8 Å². The van der Waals surface area contributed by atoms with Crippen molar-refractivity contribution in [3.63, 3.8) is 0 Å². The maximum Gasteiger partial charge on any atom is 0.379 e. The Morgan fingerprint density at radius 2 is 1.82 bits per heavy atom. The molecule has 0 radical (unpaired) electrons. The standard InChI is InChI=1S/C19H24O3/c1-14(2)12-13-17(20)19(21)22-18-11-7-6-10-16(18)15-8-4-3-5-9-15/h3-5,8-9,12-14,16,18H,6-7,10-11H2,1-2H3/b13-12+/t16-,18+/m0/s1. The average Bonchev–Trinajstić information content (AvgIpc) is 2.53. The minimum atomic E-state index is -0.732. The van der Waals surface area contributed by atoms with Crippen molar-refractivity contribution in [2.45, 2.75) is 51.6 Å². The molecular weight excluding hydrogens is 276 g/mol. The number of hydrogen-bond acceptors (Lipinski definition) is 3. The summed E-state index contributed by atoms with van der Waals surface area (Å²) >= 11 is 0. The molecule has 1 saturated carbocycles. The van der Waals surface area contributed by atoms with Crippen molar-refractivity contribution in [3.8, 4) is 0 Å². The molecule has 0 spiro atoms. The Morgan fingerprint density at radius 3 is 2.50 bits per heavy atom. The fraction of sp³-hybridized carbons (Fsp3) is 0.474. The highest BCUT2D eigenvalue weighted by atomic mass is 16.5. The highest BCUT2D eigenvalue weighted by molar-refractivity contribution is 6.38. The number of hydrogen-bond donors (Lipinski definition) is 0. The van der Waals surface area contributed by atoms with Gasteiger partial charge in [-0.15, -0.1) is 0 Å². The fourth-order valence-electron chi connectivity index (χ4n) is 2.86. The molecule has 2 rings (SSSR count). The summed E-state index contributed by atoms with van der Waals surface area (Å²) in [6.45, 7) is 3.92. The number of allylic oxidation sites excluding steroid dienone is 1. The Balaban J connectivity index is 2.03. The lowest BCUT2D eigenvalue weighted by Crippen LogP contribution is -2.31. The van der Waals surface area contributed by atoms with Gasteiger partial charge in [-0.25, -0.2) is 4.79 Å². The molecule has 0 saturated heterocycles. The molecule has 2 atom stereocenters. The van der Waals surface area contributed by atoms with E-state index in [-0.39, 0.29) is 17.9 Å². The average molecular weight is 300 g/mol. The molecule has 0 amide bonds. The molecular formula is C19H24O3. The van der Waals surface area contributed by atoms with Crippen LogP contribution in [0.2, 0.25) is 0 Å². The van der Waals surface area contributed by atoms with E-state index in [0.717, 1.165) is 25.7 Å². The molecule has 0 bridgehead atoms. The molecule has 1 aromatic carbocycles. The number of rotatable bonds is 5. The van der Waals surface area contributed by atoms with E-state index in [1.54, 1.807) is 6.08 Å². The molecule has 0 heterocycles. The summed E-state index contributed by atoms with van der Waals surface area (Å²) in [6.07, 6.45) is 6.85. The van der Waals surface area contributed by atoms with Gasteiger partial charge in [0.25, 0.3) is 5.78 Å². The number of ether oxygens (including phenoxy) is 1. The monoisotopic (exact) mass is 300 g/mol. The summed E-state index contributed by atoms with van der Waals surface area (Å²) in [5, 5.41) is 0. The van der Waals surface area contributed by atoms with Crippen molar-refractivity contribution in [2.24, 2.45) is 5.92 Å². The first kappa shape index (κ1) is 16.5. The van der Waals surface area contributed by atoms with E-state index in [2.05, 4.69) is 12.1 Å². The van der Waals surface area contributed by atoms with Crippen molar-refractivity contribution in [1.82, 2.24) is 0 Å². The Morgan fingerprint density at radius 1 is 1.14 bits per heavy atom. The highest BCUT2D eigenvalue weighted by Gasteiger charge is 2.30. The summed E-state index contributed by atoms with van der Waals surface area (Å²) in [4.78, 5) is 23.8. The summed E-state index contributed by atoms with van der Waals surface area (Å²) in [5.41, 5.74) is 1.19. The molecule has 118 valence electrons. The van der Waals surface area contributed by atoms with E-state index in [0.29, 0.717) is 0 Å².